The first-order valence-electron chi connectivity index (χ1n) is 6.27. The predicted octanol–water partition coefficient (Wildman–Crippen LogP) is 3.49. The highest BCUT2D eigenvalue weighted by atomic mass is 32.2. The lowest BCUT2D eigenvalue weighted by Crippen LogP contribution is -2.38. The van der Waals surface area contributed by atoms with Crippen LogP contribution in [0.25, 0.3) is 0 Å². The van der Waals surface area contributed by atoms with Gasteiger partial charge in [-0.25, -0.2) is 9.08 Å². The van der Waals surface area contributed by atoms with E-state index in [4.69, 9.17) is 4.36 Å². The second-order valence-electron chi connectivity index (χ2n) is 6.44. The van der Waals surface area contributed by atoms with E-state index < -0.39 is 0 Å². The fraction of sp³-hybridized carbons (Fsp3) is 0.643. The Bertz CT molecular complexity index is 399. The van der Waals surface area contributed by atoms with Crippen LogP contribution in [0, 0.1) is 0 Å². The normalized spacial score (nSPS) is 14.8. The van der Waals surface area contributed by atoms with Crippen LogP contribution in [0.1, 0.15) is 47.2 Å². The topological polar surface area (TPSA) is 37.3 Å². The highest BCUT2D eigenvalue weighted by molar-refractivity contribution is 7.84. The Morgan fingerprint density at radius 3 is 2.28 bits per heavy atom. The van der Waals surface area contributed by atoms with E-state index >= 15 is 0 Å². The van der Waals surface area contributed by atoms with Gasteiger partial charge in [0.15, 0.2) is 0 Å². The molecule has 0 saturated carbocycles. The molecule has 4 heteroatoms. The Labute approximate surface area is 114 Å². The number of aromatic nitrogens is 1. The molecule has 1 aromatic rings. The van der Waals surface area contributed by atoms with E-state index in [2.05, 4.69) is 57.3 Å². The molecule has 1 rings (SSSR count). The van der Waals surface area contributed by atoms with Crippen molar-refractivity contribution in [3.05, 3.63) is 30.1 Å². The molecule has 1 atom stereocenters. The molecule has 102 valence electrons. The van der Waals surface area contributed by atoms with Crippen molar-refractivity contribution >= 4 is 10.9 Å². The molecule has 18 heavy (non-hydrogen) atoms. The van der Waals surface area contributed by atoms with Gasteiger partial charge >= 0.3 is 0 Å². The molecule has 1 unspecified atom stereocenters. The first-order chi connectivity index (χ1) is 8.16. The Balaban J connectivity index is 2.89. The van der Waals surface area contributed by atoms with Crippen LogP contribution in [0.15, 0.2) is 28.8 Å². The molecular formula is C14H25N3S. The largest absolute Gasteiger partial charge is 0.260 e. The summed E-state index contributed by atoms with van der Waals surface area (Å²) < 4.78 is 8.45. The molecule has 0 aliphatic heterocycles. The van der Waals surface area contributed by atoms with E-state index in [-0.39, 0.29) is 22.0 Å². The van der Waals surface area contributed by atoms with E-state index in [1.165, 1.54) is 0 Å². The zero-order chi connectivity index (χ0) is 13.8. The summed E-state index contributed by atoms with van der Waals surface area (Å²) in [6, 6.07) is 6.03. The number of nitrogens with zero attached hydrogens (tertiary/aromatic N) is 2. The third-order valence-corrected chi connectivity index (χ3v) is 4.00. The van der Waals surface area contributed by atoms with Crippen molar-refractivity contribution in [1.82, 2.24) is 9.71 Å². The SMILES string of the molecule is CC(C)(C)N=S(Cc1ccccn1)NC(C)(C)C. The summed E-state index contributed by atoms with van der Waals surface area (Å²) in [6.45, 7) is 12.9. The molecule has 1 N–H and O–H groups in total. The molecule has 0 saturated heterocycles. The molecule has 1 heterocycles. The van der Waals surface area contributed by atoms with E-state index in [1.807, 2.05) is 18.3 Å². The minimum absolute atomic E-state index is 0.0316. The lowest BCUT2D eigenvalue weighted by Gasteiger charge is -2.25. The number of hydrogen-bond acceptors (Lipinski definition) is 2. The summed E-state index contributed by atoms with van der Waals surface area (Å²) in [4.78, 5) is 4.39. The van der Waals surface area contributed by atoms with E-state index in [1.54, 1.807) is 0 Å². The van der Waals surface area contributed by atoms with Crippen LogP contribution in [0.4, 0.5) is 0 Å². The molecule has 0 aromatic carbocycles. The first-order valence-corrected chi connectivity index (χ1v) is 7.62. The van der Waals surface area contributed by atoms with Crippen LogP contribution < -0.4 is 4.72 Å². The molecule has 0 radical (unpaired) electrons. The zero-order valence-electron chi connectivity index (χ0n) is 12.3. The summed E-state index contributed by atoms with van der Waals surface area (Å²) in [7, 11) is -0.202. The summed E-state index contributed by atoms with van der Waals surface area (Å²) in [6.07, 6.45) is 1.84. The van der Waals surface area contributed by atoms with Crippen molar-refractivity contribution < 1.29 is 0 Å². The predicted molar refractivity (Wildman–Crippen MR) is 80.4 cm³/mol. The van der Waals surface area contributed by atoms with Gasteiger partial charge in [0.1, 0.15) is 0 Å². The van der Waals surface area contributed by atoms with Crippen molar-refractivity contribution in [2.24, 2.45) is 4.36 Å². The lowest BCUT2D eigenvalue weighted by atomic mass is 10.1. The Kier molecular flexibility index (Phi) is 5.05. The van der Waals surface area contributed by atoms with Gasteiger partial charge in [-0.05, 0) is 64.6 Å². The Morgan fingerprint density at radius 2 is 1.83 bits per heavy atom. The van der Waals surface area contributed by atoms with Crippen LogP contribution in [0.2, 0.25) is 0 Å². The third-order valence-electron chi connectivity index (χ3n) is 1.82. The highest BCUT2D eigenvalue weighted by Crippen LogP contribution is 2.13. The number of rotatable bonds is 3. The van der Waals surface area contributed by atoms with Gasteiger partial charge in [0.25, 0.3) is 0 Å². The minimum Gasteiger partial charge on any atom is -0.260 e. The number of pyridine rings is 1. The summed E-state index contributed by atoms with van der Waals surface area (Å²) in [5.41, 5.74) is 1.12. The monoisotopic (exact) mass is 267 g/mol. The standard InChI is InChI=1S/C14H25N3S/c1-13(2,3)16-18(17-14(4,5)6)11-12-9-7-8-10-15-12/h7-10H,11H2,1-6H3,(H,16,17). The maximum atomic E-state index is 4.87. The zero-order valence-corrected chi connectivity index (χ0v) is 13.1. The van der Waals surface area contributed by atoms with Gasteiger partial charge in [0, 0.05) is 11.7 Å². The van der Waals surface area contributed by atoms with Crippen LogP contribution in [-0.2, 0) is 16.6 Å². The molecule has 0 aliphatic carbocycles. The third kappa shape index (κ3) is 6.87. The fourth-order valence-electron chi connectivity index (χ4n) is 1.40. The second kappa shape index (κ2) is 5.93. The van der Waals surface area contributed by atoms with Crippen molar-refractivity contribution in [1.29, 1.82) is 0 Å². The second-order valence-corrected chi connectivity index (χ2v) is 7.85. The maximum absolute atomic E-state index is 4.87. The number of hydrogen-bond donors (Lipinski definition) is 1. The Hall–Kier alpha value is -0.740. The van der Waals surface area contributed by atoms with Gasteiger partial charge < -0.3 is 0 Å². The maximum Gasteiger partial charge on any atom is 0.0606 e. The molecular weight excluding hydrogens is 242 g/mol. The lowest BCUT2D eigenvalue weighted by molar-refractivity contribution is 0.527. The minimum atomic E-state index is -0.202. The fourth-order valence-corrected chi connectivity index (χ4v) is 3.40. The van der Waals surface area contributed by atoms with E-state index in [0.29, 0.717) is 0 Å². The van der Waals surface area contributed by atoms with Crippen LogP contribution >= 0.6 is 0 Å². The summed E-state index contributed by atoms with van der Waals surface area (Å²) in [5.74, 6) is 0.857. The highest BCUT2D eigenvalue weighted by Gasteiger charge is 2.16. The van der Waals surface area contributed by atoms with Crippen LogP contribution in [0.5, 0.6) is 0 Å². The van der Waals surface area contributed by atoms with E-state index in [9.17, 15) is 0 Å². The average Bonchev–Trinajstić information content (AvgIpc) is 2.13. The molecule has 0 bridgehead atoms. The average molecular weight is 267 g/mol. The van der Waals surface area contributed by atoms with Crippen molar-refractivity contribution in [2.45, 2.75) is 58.4 Å². The summed E-state index contributed by atoms with van der Waals surface area (Å²) in [5, 5.41) is 0. The molecule has 3 nitrogen and oxygen atoms in total. The van der Waals surface area contributed by atoms with Crippen LogP contribution in [-0.4, -0.2) is 16.1 Å². The van der Waals surface area contributed by atoms with Gasteiger partial charge in [-0.15, -0.1) is 0 Å². The Morgan fingerprint density at radius 1 is 1.17 bits per heavy atom. The quantitative estimate of drug-likeness (QED) is 0.910. The number of nitrogens with one attached hydrogen (secondary N) is 1. The van der Waals surface area contributed by atoms with Gasteiger partial charge in [0.05, 0.1) is 17.0 Å². The molecule has 0 amide bonds. The van der Waals surface area contributed by atoms with Gasteiger partial charge in [-0.3, -0.25) is 4.98 Å². The smallest absolute Gasteiger partial charge is 0.0606 e. The van der Waals surface area contributed by atoms with E-state index in [0.717, 1.165) is 11.4 Å². The van der Waals surface area contributed by atoms with Gasteiger partial charge in [0.2, 0.25) is 0 Å². The van der Waals surface area contributed by atoms with Gasteiger partial charge in [-0.1, -0.05) is 6.07 Å². The molecule has 1 aromatic heterocycles. The van der Waals surface area contributed by atoms with Crippen molar-refractivity contribution in [3.63, 3.8) is 0 Å². The van der Waals surface area contributed by atoms with Crippen molar-refractivity contribution in [3.8, 4) is 0 Å². The summed E-state index contributed by atoms with van der Waals surface area (Å²) >= 11 is 0. The van der Waals surface area contributed by atoms with Gasteiger partial charge in [-0.2, -0.15) is 0 Å². The molecule has 0 aliphatic rings. The first kappa shape index (κ1) is 15.3. The molecule has 0 fully saturated rings. The molecule has 0 spiro atoms. The van der Waals surface area contributed by atoms with Crippen LogP contribution in [0.3, 0.4) is 0 Å². The van der Waals surface area contributed by atoms with Crippen molar-refractivity contribution in [2.75, 3.05) is 0 Å².